The lowest BCUT2D eigenvalue weighted by atomic mass is 9.79. The minimum atomic E-state index is 0.0222. The number of benzene rings is 10. The quantitative estimate of drug-likeness (QED) is 0.159. The summed E-state index contributed by atoms with van der Waals surface area (Å²) in [4.78, 5) is 1.36. The summed E-state index contributed by atoms with van der Waals surface area (Å²) in [5, 5.41) is 13.1. The monoisotopic (exact) mass is 891 g/mol. The van der Waals surface area contributed by atoms with Gasteiger partial charge in [0.25, 0.3) is 0 Å². The molecule has 10 aromatic carbocycles. The van der Waals surface area contributed by atoms with Gasteiger partial charge in [0.15, 0.2) is 0 Å². The first-order valence-electron chi connectivity index (χ1n) is 24.3. The molecular formula is C66H53NS. The fourth-order valence-electron chi connectivity index (χ4n) is 11.7. The Labute approximate surface area is 403 Å². The molecule has 0 bridgehead atoms. The van der Waals surface area contributed by atoms with E-state index in [9.17, 15) is 0 Å². The Kier molecular flexibility index (Phi) is 9.18. The predicted molar refractivity (Wildman–Crippen MR) is 296 cm³/mol. The van der Waals surface area contributed by atoms with Crippen LogP contribution in [0.5, 0.6) is 0 Å². The zero-order valence-corrected chi connectivity index (χ0v) is 40.4. The Morgan fingerprint density at radius 3 is 1.41 bits per heavy atom. The Balaban J connectivity index is 1.11. The first kappa shape index (κ1) is 41.1. The van der Waals surface area contributed by atoms with Crippen LogP contribution in [0.15, 0.2) is 199 Å². The second-order valence-electron chi connectivity index (χ2n) is 21.1. The normalized spacial score (nSPS) is 15.1. The van der Waals surface area contributed by atoms with Gasteiger partial charge in [-0.2, -0.15) is 0 Å². The van der Waals surface area contributed by atoms with Crippen molar-refractivity contribution in [1.82, 2.24) is 4.57 Å². The minimum absolute atomic E-state index is 0.0222. The lowest BCUT2D eigenvalue weighted by molar-refractivity contribution is 0.590. The maximum atomic E-state index is 2.59. The first-order valence-corrected chi connectivity index (χ1v) is 25.2. The zero-order chi connectivity index (χ0) is 46.1. The molecule has 0 saturated heterocycles. The topological polar surface area (TPSA) is 4.93 Å². The van der Waals surface area contributed by atoms with Crippen molar-refractivity contribution in [2.45, 2.75) is 68.9 Å². The van der Waals surface area contributed by atoms with Gasteiger partial charge >= 0.3 is 0 Å². The first-order chi connectivity index (χ1) is 33.0. The highest BCUT2D eigenvalue weighted by Gasteiger charge is 2.36. The molecule has 328 valence electrons. The van der Waals surface area contributed by atoms with Crippen LogP contribution >= 0.6 is 11.8 Å². The number of nitrogens with zero attached hydrogens (tertiary/aromatic N) is 1. The smallest absolute Gasteiger partial charge is 0.0619 e. The largest absolute Gasteiger partial charge is 0.308 e. The molecule has 68 heavy (non-hydrogen) atoms. The van der Waals surface area contributed by atoms with Gasteiger partial charge in [0, 0.05) is 37.3 Å². The zero-order valence-electron chi connectivity index (χ0n) is 39.6. The van der Waals surface area contributed by atoms with Gasteiger partial charge in [-0.1, -0.05) is 205 Å². The molecule has 1 unspecified atom stereocenters. The van der Waals surface area contributed by atoms with Gasteiger partial charge < -0.3 is 4.57 Å². The van der Waals surface area contributed by atoms with Crippen molar-refractivity contribution in [3.63, 3.8) is 0 Å². The third-order valence-electron chi connectivity index (χ3n) is 15.0. The summed E-state index contributed by atoms with van der Waals surface area (Å²) in [6.45, 7) is 13.9. The molecule has 0 spiro atoms. The van der Waals surface area contributed by atoms with Crippen LogP contribution in [0.2, 0.25) is 0 Å². The summed E-state index contributed by atoms with van der Waals surface area (Å²) in [7, 11) is 0. The second-order valence-corrected chi connectivity index (χ2v) is 22.3. The molecule has 1 atom stereocenters. The highest BCUT2D eigenvalue weighted by molar-refractivity contribution is 8.01. The van der Waals surface area contributed by atoms with Crippen molar-refractivity contribution in [3.8, 4) is 27.9 Å². The van der Waals surface area contributed by atoms with Crippen LogP contribution in [0.3, 0.4) is 0 Å². The van der Waals surface area contributed by atoms with Gasteiger partial charge in [0.2, 0.25) is 0 Å². The Morgan fingerprint density at radius 1 is 0.426 bits per heavy atom. The van der Waals surface area contributed by atoms with Gasteiger partial charge in [0.1, 0.15) is 0 Å². The van der Waals surface area contributed by atoms with Crippen molar-refractivity contribution >= 4 is 87.8 Å². The van der Waals surface area contributed by atoms with E-state index in [1.54, 1.807) is 0 Å². The number of rotatable bonds is 4. The van der Waals surface area contributed by atoms with Crippen LogP contribution in [0.25, 0.3) is 104 Å². The fourth-order valence-corrected chi connectivity index (χ4v) is 13.1. The van der Waals surface area contributed by atoms with Crippen LogP contribution in [0.4, 0.5) is 0 Å². The number of hydrogen-bond donors (Lipinski definition) is 0. The second kappa shape index (κ2) is 15.2. The summed E-state index contributed by atoms with van der Waals surface area (Å²) in [5.41, 5.74) is 17.1. The lowest BCUT2D eigenvalue weighted by Crippen LogP contribution is -2.10. The predicted octanol–water partition coefficient (Wildman–Crippen LogP) is 18.7. The summed E-state index contributed by atoms with van der Waals surface area (Å²) < 4.78 is 2.59. The highest BCUT2D eigenvalue weighted by atomic mass is 32.2. The summed E-state index contributed by atoms with van der Waals surface area (Å²) in [6.07, 6.45) is 5.89. The van der Waals surface area contributed by atoms with Crippen molar-refractivity contribution in [3.05, 3.63) is 216 Å². The summed E-state index contributed by atoms with van der Waals surface area (Å²) >= 11 is 2.05. The van der Waals surface area contributed by atoms with E-state index in [2.05, 4.69) is 240 Å². The average Bonchev–Trinajstić information content (AvgIpc) is 3.90. The Bertz CT molecular complexity index is 3790. The van der Waals surface area contributed by atoms with E-state index in [-0.39, 0.29) is 10.8 Å². The van der Waals surface area contributed by atoms with Crippen LogP contribution < -0.4 is 0 Å². The SMILES string of the molecule is CC(C)(C)c1ccc2c(c1)c1cc(C(C)(C)C)ccc1n2-c1c2ccccc2c(C2=C3c4c(cccc4-c4c5ccccc5c(-c5ccccc5)c5ccccc45)SC3CC=C2)c2ccccc12. The van der Waals surface area contributed by atoms with Gasteiger partial charge in [-0.15, -0.1) is 11.8 Å². The molecular weight excluding hydrogens is 839 g/mol. The minimum Gasteiger partial charge on any atom is -0.308 e. The van der Waals surface area contributed by atoms with E-state index < -0.39 is 0 Å². The van der Waals surface area contributed by atoms with E-state index in [4.69, 9.17) is 0 Å². The Morgan fingerprint density at radius 2 is 0.897 bits per heavy atom. The van der Waals surface area contributed by atoms with Crippen molar-refractivity contribution in [2.75, 3.05) is 0 Å². The third-order valence-corrected chi connectivity index (χ3v) is 16.3. The van der Waals surface area contributed by atoms with Crippen LogP contribution in [-0.4, -0.2) is 9.82 Å². The maximum Gasteiger partial charge on any atom is 0.0619 e. The van der Waals surface area contributed by atoms with Crippen molar-refractivity contribution < 1.29 is 0 Å². The van der Waals surface area contributed by atoms with Crippen LogP contribution in [-0.2, 0) is 10.8 Å². The standard InChI is InChI=1S/C66H53NS/c1-65(2,3)41-34-36-55-53(38-41)54-39-42(66(4,5)6)35-37-56(54)67(55)64-49-28-16-14-26-47(49)61(48-27-15-17-29-50(48)64)52-31-19-33-58-63(52)62-51(30-18-32-57(62)68-58)60-45-24-12-10-22-43(45)59(40-20-8-7-9-21-40)44-23-11-13-25-46(44)60/h7-32,34-39,58H,33H2,1-6H3. The van der Waals surface area contributed by atoms with Crippen molar-refractivity contribution in [2.24, 2.45) is 0 Å². The number of allylic oxidation sites excluding steroid dienone is 3. The number of fused-ring (bicyclic) bond motifs is 10. The molecule has 1 nitrogen and oxygen atoms in total. The maximum absolute atomic E-state index is 2.59. The highest BCUT2D eigenvalue weighted by Crippen LogP contribution is 2.57. The van der Waals surface area contributed by atoms with Crippen molar-refractivity contribution in [1.29, 1.82) is 0 Å². The summed E-state index contributed by atoms with van der Waals surface area (Å²) in [6, 6.07) is 69.1. The molecule has 1 aliphatic carbocycles. The van der Waals surface area contributed by atoms with E-state index in [0.29, 0.717) is 5.25 Å². The van der Waals surface area contributed by atoms with E-state index >= 15 is 0 Å². The van der Waals surface area contributed by atoms with Crippen LogP contribution in [0.1, 0.15) is 70.2 Å². The molecule has 1 aromatic heterocycles. The molecule has 0 amide bonds. The molecule has 13 rings (SSSR count). The molecule has 0 saturated carbocycles. The molecule has 0 radical (unpaired) electrons. The Hall–Kier alpha value is -7.13. The van der Waals surface area contributed by atoms with Gasteiger partial charge in [-0.05, 0) is 130 Å². The molecule has 2 heteroatoms. The van der Waals surface area contributed by atoms with Gasteiger partial charge in [-0.3, -0.25) is 0 Å². The number of aromatic nitrogens is 1. The molecule has 0 N–H and O–H groups in total. The average molecular weight is 892 g/mol. The molecule has 2 aliphatic rings. The lowest BCUT2D eigenvalue weighted by Gasteiger charge is -2.25. The molecule has 11 aromatic rings. The van der Waals surface area contributed by atoms with Gasteiger partial charge in [0.05, 0.1) is 16.7 Å². The fraction of sp³-hybridized carbons (Fsp3) is 0.152. The van der Waals surface area contributed by atoms with E-state index in [1.165, 1.54) is 131 Å². The van der Waals surface area contributed by atoms with E-state index in [0.717, 1.165) is 6.42 Å². The summed E-state index contributed by atoms with van der Waals surface area (Å²) in [5.74, 6) is 0. The van der Waals surface area contributed by atoms with E-state index in [1.807, 2.05) is 11.8 Å². The molecule has 2 heterocycles. The number of thioether (sulfide) groups is 1. The third kappa shape index (κ3) is 6.16. The van der Waals surface area contributed by atoms with Crippen LogP contribution in [0, 0.1) is 0 Å². The number of hydrogen-bond acceptors (Lipinski definition) is 1. The molecule has 1 aliphatic heterocycles. The van der Waals surface area contributed by atoms with Gasteiger partial charge in [-0.25, -0.2) is 0 Å². The molecule has 0 fully saturated rings.